The third-order valence-corrected chi connectivity index (χ3v) is 3.74. The van der Waals surface area contributed by atoms with E-state index in [2.05, 4.69) is 14.4 Å². The number of alkyl halides is 3. The number of ether oxygens (including phenoxy) is 1. The molecule has 0 spiro atoms. The summed E-state index contributed by atoms with van der Waals surface area (Å²) in [5.74, 6) is -0.304. The minimum atomic E-state index is -4.48. The van der Waals surface area contributed by atoms with Gasteiger partial charge < -0.3 is 10.5 Å². The van der Waals surface area contributed by atoms with Gasteiger partial charge in [0.2, 0.25) is 15.9 Å². The van der Waals surface area contributed by atoms with Crippen LogP contribution < -0.4 is 15.2 Å². The fraction of sp³-hybridized carbons (Fsp3) is 0.545. The molecule has 0 amide bonds. The van der Waals surface area contributed by atoms with Gasteiger partial charge in [-0.25, -0.2) is 18.1 Å². The molecule has 0 aromatic carbocycles. The Morgan fingerprint density at radius 1 is 1.43 bits per heavy atom. The maximum absolute atomic E-state index is 11.9. The monoisotopic (exact) mass is 327 g/mol. The molecule has 0 radical (unpaired) electrons. The van der Waals surface area contributed by atoms with E-state index in [0.29, 0.717) is 6.42 Å². The molecule has 6 nitrogen and oxygen atoms in total. The number of nitrogens with one attached hydrogen (secondary N) is 1. The van der Waals surface area contributed by atoms with Crippen LogP contribution in [0.4, 0.5) is 13.2 Å². The first-order chi connectivity index (χ1) is 9.60. The van der Waals surface area contributed by atoms with E-state index in [1.54, 1.807) is 6.92 Å². The normalized spacial score (nSPS) is 14.0. The van der Waals surface area contributed by atoms with Gasteiger partial charge in [0.25, 0.3) is 0 Å². The molecule has 1 heterocycles. The standard InChI is InChI=1S/C11H16F3N3O3S/c1-8(15)4-5-17-21(18,19)9-2-3-10(16-6-9)20-7-11(12,13)14/h2-3,6,8,17H,4-5,7,15H2,1H3. The van der Waals surface area contributed by atoms with Gasteiger partial charge in [-0.05, 0) is 19.4 Å². The number of aromatic nitrogens is 1. The Kier molecular flexibility index (Phi) is 5.93. The summed E-state index contributed by atoms with van der Waals surface area (Å²) in [7, 11) is -3.76. The van der Waals surface area contributed by atoms with Crippen molar-refractivity contribution in [2.24, 2.45) is 5.73 Å². The highest BCUT2D eigenvalue weighted by Crippen LogP contribution is 2.18. The van der Waals surface area contributed by atoms with Crippen LogP contribution in [0.25, 0.3) is 0 Å². The first-order valence-corrected chi connectivity index (χ1v) is 7.49. The minimum Gasteiger partial charge on any atom is -0.468 e. The first kappa shape index (κ1) is 17.7. The van der Waals surface area contributed by atoms with E-state index in [-0.39, 0.29) is 23.4 Å². The van der Waals surface area contributed by atoms with E-state index in [1.807, 2.05) is 0 Å². The Labute approximate surface area is 120 Å². The molecule has 0 bridgehead atoms. The molecule has 0 aliphatic rings. The largest absolute Gasteiger partial charge is 0.468 e. The van der Waals surface area contributed by atoms with Crippen molar-refractivity contribution in [3.05, 3.63) is 18.3 Å². The predicted octanol–water partition coefficient (Wildman–Crippen LogP) is 1.04. The summed E-state index contributed by atoms with van der Waals surface area (Å²) in [6, 6.07) is 2.03. The molecule has 0 fully saturated rings. The van der Waals surface area contributed by atoms with Crippen molar-refractivity contribution in [1.82, 2.24) is 9.71 Å². The lowest BCUT2D eigenvalue weighted by Crippen LogP contribution is -2.29. The van der Waals surface area contributed by atoms with E-state index in [0.717, 1.165) is 18.3 Å². The van der Waals surface area contributed by atoms with Gasteiger partial charge >= 0.3 is 6.18 Å². The fourth-order valence-electron chi connectivity index (χ4n) is 1.27. The van der Waals surface area contributed by atoms with E-state index in [1.165, 1.54) is 0 Å². The molecule has 3 N–H and O–H groups in total. The molecule has 1 rings (SSSR count). The van der Waals surface area contributed by atoms with Crippen molar-refractivity contribution in [3.8, 4) is 5.88 Å². The fourth-order valence-corrected chi connectivity index (χ4v) is 2.26. The number of rotatable bonds is 7. The van der Waals surface area contributed by atoms with Crippen LogP contribution in [0, 0.1) is 0 Å². The Balaban J connectivity index is 2.64. The lowest BCUT2D eigenvalue weighted by molar-refractivity contribution is -0.154. The van der Waals surface area contributed by atoms with Gasteiger partial charge in [0.05, 0.1) is 6.20 Å². The summed E-state index contributed by atoms with van der Waals surface area (Å²) in [6.45, 7) is 0.410. The molecule has 10 heteroatoms. The van der Waals surface area contributed by atoms with Crippen LogP contribution in [0.5, 0.6) is 5.88 Å². The zero-order chi connectivity index (χ0) is 16.1. The molecule has 1 unspecified atom stereocenters. The predicted molar refractivity (Wildman–Crippen MR) is 69.2 cm³/mol. The van der Waals surface area contributed by atoms with Crippen LogP contribution in [-0.2, 0) is 10.0 Å². The summed E-state index contributed by atoms with van der Waals surface area (Å²) < 4.78 is 66.2. The molecule has 1 aromatic rings. The second-order valence-corrected chi connectivity index (χ2v) is 6.17. The van der Waals surface area contributed by atoms with E-state index in [9.17, 15) is 21.6 Å². The summed E-state index contributed by atoms with van der Waals surface area (Å²) >= 11 is 0. The number of nitrogens with two attached hydrogens (primary N) is 1. The van der Waals surface area contributed by atoms with Crippen molar-refractivity contribution < 1.29 is 26.3 Å². The number of sulfonamides is 1. The van der Waals surface area contributed by atoms with Gasteiger partial charge in [-0.3, -0.25) is 0 Å². The van der Waals surface area contributed by atoms with Gasteiger partial charge in [-0.2, -0.15) is 13.2 Å². The Bertz CT molecular complexity index is 544. The third-order valence-electron chi connectivity index (χ3n) is 2.29. The van der Waals surface area contributed by atoms with Crippen LogP contribution in [0.1, 0.15) is 13.3 Å². The molecular formula is C11H16F3N3O3S. The van der Waals surface area contributed by atoms with Crippen molar-refractivity contribution in [2.75, 3.05) is 13.2 Å². The highest BCUT2D eigenvalue weighted by atomic mass is 32.2. The quantitative estimate of drug-likeness (QED) is 0.780. The zero-order valence-corrected chi connectivity index (χ0v) is 12.0. The highest BCUT2D eigenvalue weighted by molar-refractivity contribution is 7.89. The van der Waals surface area contributed by atoms with E-state index in [4.69, 9.17) is 5.73 Å². The zero-order valence-electron chi connectivity index (χ0n) is 11.2. The average molecular weight is 327 g/mol. The summed E-state index contributed by atoms with van der Waals surface area (Å²) in [5.41, 5.74) is 5.49. The van der Waals surface area contributed by atoms with Crippen molar-refractivity contribution in [3.63, 3.8) is 0 Å². The summed E-state index contributed by atoms with van der Waals surface area (Å²) in [4.78, 5) is 3.36. The SMILES string of the molecule is CC(N)CCNS(=O)(=O)c1ccc(OCC(F)(F)F)nc1. The maximum atomic E-state index is 11.9. The second-order valence-electron chi connectivity index (χ2n) is 4.40. The van der Waals surface area contributed by atoms with Crippen molar-refractivity contribution >= 4 is 10.0 Å². The lowest BCUT2D eigenvalue weighted by atomic mass is 10.3. The smallest absolute Gasteiger partial charge is 0.422 e. The first-order valence-electron chi connectivity index (χ1n) is 6.01. The molecule has 1 aromatic heterocycles. The molecule has 0 saturated heterocycles. The van der Waals surface area contributed by atoms with Gasteiger partial charge in [-0.15, -0.1) is 0 Å². The number of nitrogens with zero attached hydrogens (tertiary/aromatic N) is 1. The van der Waals surface area contributed by atoms with Crippen LogP contribution in [-0.4, -0.2) is 38.8 Å². The Hall–Kier alpha value is -1.39. The second kappa shape index (κ2) is 7.05. The summed E-state index contributed by atoms with van der Waals surface area (Å²) in [6.07, 6.45) is -3.09. The van der Waals surface area contributed by atoms with Gasteiger partial charge in [0.1, 0.15) is 4.90 Å². The molecule has 0 aliphatic carbocycles. The van der Waals surface area contributed by atoms with Crippen LogP contribution in [0.15, 0.2) is 23.2 Å². The number of pyridine rings is 1. The van der Waals surface area contributed by atoms with Gasteiger partial charge in [0, 0.05) is 18.7 Å². The molecule has 0 saturated carbocycles. The van der Waals surface area contributed by atoms with Crippen molar-refractivity contribution in [2.45, 2.75) is 30.5 Å². The van der Waals surface area contributed by atoms with Crippen LogP contribution in [0.3, 0.4) is 0 Å². The summed E-state index contributed by atoms with van der Waals surface area (Å²) in [5, 5.41) is 0. The molecule has 0 aliphatic heterocycles. The Morgan fingerprint density at radius 3 is 2.57 bits per heavy atom. The third kappa shape index (κ3) is 6.74. The molecule has 21 heavy (non-hydrogen) atoms. The topological polar surface area (TPSA) is 94.3 Å². The minimum absolute atomic E-state index is 0.149. The Morgan fingerprint density at radius 2 is 2.10 bits per heavy atom. The van der Waals surface area contributed by atoms with Crippen LogP contribution >= 0.6 is 0 Å². The van der Waals surface area contributed by atoms with Gasteiger partial charge in [-0.1, -0.05) is 0 Å². The number of hydrogen-bond acceptors (Lipinski definition) is 5. The molecule has 1 atom stereocenters. The lowest BCUT2D eigenvalue weighted by Gasteiger charge is -2.10. The van der Waals surface area contributed by atoms with Gasteiger partial charge in [0.15, 0.2) is 6.61 Å². The molecule has 120 valence electrons. The number of hydrogen-bond donors (Lipinski definition) is 2. The average Bonchev–Trinajstić information content (AvgIpc) is 2.35. The van der Waals surface area contributed by atoms with Crippen molar-refractivity contribution in [1.29, 1.82) is 0 Å². The van der Waals surface area contributed by atoms with E-state index < -0.39 is 22.8 Å². The van der Waals surface area contributed by atoms with Crippen LogP contribution in [0.2, 0.25) is 0 Å². The van der Waals surface area contributed by atoms with E-state index >= 15 is 0 Å². The highest BCUT2D eigenvalue weighted by Gasteiger charge is 2.28. The molecular weight excluding hydrogens is 311 g/mol. The maximum Gasteiger partial charge on any atom is 0.422 e. The number of halogens is 3.